The summed E-state index contributed by atoms with van der Waals surface area (Å²) in [5.74, 6) is 0.122. The van der Waals surface area contributed by atoms with E-state index in [9.17, 15) is 8.42 Å². The quantitative estimate of drug-likeness (QED) is 0.548. The number of fused-ring (bicyclic) bond motifs is 3. The van der Waals surface area contributed by atoms with E-state index in [4.69, 9.17) is 4.63 Å². The van der Waals surface area contributed by atoms with Gasteiger partial charge >= 0.3 is 0 Å². The van der Waals surface area contributed by atoms with Gasteiger partial charge in [-0.3, -0.25) is 4.98 Å². The van der Waals surface area contributed by atoms with Crippen LogP contribution in [0.25, 0.3) is 15.9 Å². The Morgan fingerprint density at radius 2 is 2.03 bits per heavy atom. The Morgan fingerprint density at radius 1 is 1.12 bits per heavy atom. The number of pyridine rings is 1. The average Bonchev–Trinajstić information content (AvgIpc) is 3.35. The van der Waals surface area contributed by atoms with Gasteiger partial charge in [-0.15, -0.1) is 0 Å². The molecule has 7 nitrogen and oxygen atoms in total. The second-order valence-electron chi connectivity index (χ2n) is 8.53. The summed E-state index contributed by atoms with van der Waals surface area (Å²) in [5.41, 5.74) is 3.97. The van der Waals surface area contributed by atoms with Gasteiger partial charge in [0.05, 0.1) is 5.69 Å². The van der Waals surface area contributed by atoms with Crippen LogP contribution in [0.15, 0.2) is 86.9 Å². The first-order valence-corrected chi connectivity index (χ1v) is 13.5. The third kappa shape index (κ3) is 3.83. The third-order valence-corrected chi connectivity index (χ3v) is 9.05. The number of aromatic nitrogens is 3. The maximum Gasteiger partial charge on any atom is 0.243 e. The summed E-state index contributed by atoms with van der Waals surface area (Å²) in [7, 11) is -3.86. The lowest BCUT2D eigenvalue weighted by molar-refractivity contribution is 0.314. The van der Waals surface area contributed by atoms with Gasteiger partial charge in [0.1, 0.15) is 4.90 Å². The molecule has 0 aliphatic heterocycles. The fourth-order valence-corrected chi connectivity index (χ4v) is 7.23. The number of rotatable bonds is 5. The highest BCUT2D eigenvalue weighted by molar-refractivity contribution is 8.08. The van der Waals surface area contributed by atoms with Gasteiger partial charge in [-0.1, -0.05) is 54.3 Å². The standard InChI is InChI=1S/C25H22N4O3S2/c30-34(31,29-19-11-3-7-16-6-1-2-10-18(16)19)22-14-13-21(24-25(22)28-32-27-24)33-20-12-4-8-17-9-5-15-26-23(17)20/h1,3,5-7,9,11-15,18-19,29H,2,4,8,10H2. The number of nitrogens with one attached hydrogen (secondary N) is 1. The van der Waals surface area contributed by atoms with Crippen molar-refractivity contribution in [2.45, 2.75) is 41.5 Å². The molecule has 3 aliphatic carbocycles. The molecule has 1 N–H and O–H groups in total. The van der Waals surface area contributed by atoms with Gasteiger partial charge in [0.2, 0.25) is 10.0 Å². The molecule has 0 saturated heterocycles. The molecular weight excluding hydrogens is 468 g/mol. The molecule has 2 unspecified atom stereocenters. The van der Waals surface area contributed by atoms with Crippen LogP contribution in [0.4, 0.5) is 0 Å². The summed E-state index contributed by atoms with van der Waals surface area (Å²) < 4.78 is 34.7. The number of aryl methyl sites for hydroxylation is 1. The topological polar surface area (TPSA) is 98.0 Å². The molecule has 2 heterocycles. The Kier molecular flexibility index (Phi) is 5.47. The van der Waals surface area contributed by atoms with E-state index in [-0.39, 0.29) is 22.4 Å². The number of hydrogen-bond acceptors (Lipinski definition) is 7. The first kappa shape index (κ1) is 21.5. The molecule has 2 aromatic heterocycles. The molecular formula is C25H22N4O3S2. The Balaban J connectivity index is 1.31. The van der Waals surface area contributed by atoms with Gasteiger partial charge in [0, 0.05) is 28.0 Å². The van der Waals surface area contributed by atoms with Crippen LogP contribution in [0.3, 0.4) is 0 Å². The average molecular weight is 491 g/mol. The molecule has 2 atom stereocenters. The molecule has 6 rings (SSSR count). The van der Waals surface area contributed by atoms with Crippen molar-refractivity contribution < 1.29 is 13.0 Å². The van der Waals surface area contributed by atoms with E-state index in [1.165, 1.54) is 17.3 Å². The maximum atomic E-state index is 13.4. The first-order valence-electron chi connectivity index (χ1n) is 11.2. The molecule has 9 heteroatoms. The fourth-order valence-electron chi connectivity index (χ4n) is 4.78. The molecule has 0 radical (unpaired) electrons. The summed E-state index contributed by atoms with van der Waals surface area (Å²) in [4.78, 5) is 6.42. The highest BCUT2D eigenvalue weighted by Gasteiger charge is 2.31. The molecule has 0 amide bonds. The van der Waals surface area contributed by atoms with Crippen LogP contribution in [0.1, 0.15) is 30.5 Å². The zero-order chi connectivity index (χ0) is 23.1. The molecule has 3 aromatic rings. The molecule has 172 valence electrons. The highest BCUT2D eigenvalue weighted by Crippen LogP contribution is 2.41. The second kappa shape index (κ2) is 8.65. The summed E-state index contributed by atoms with van der Waals surface area (Å²) in [6.45, 7) is 0. The molecule has 3 aliphatic rings. The van der Waals surface area contributed by atoms with Gasteiger partial charge in [-0.25, -0.2) is 17.8 Å². The maximum absolute atomic E-state index is 13.4. The van der Waals surface area contributed by atoms with Gasteiger partial charge in [0.15, 0.2) is 11.0 Å². The van der Waals surface area contributed by atoms with Crippen LogP contribution in [-0.4, -0.2) is 29.8 Å². The highest BCUT2D eigenvalue weighted by atomic mass is 32.2. The number of thioether (sulfide) groups is 1. The fraction of sp³-hybridized carbons (Fsp3) is 0.240. The van der Waals surface area contributed by atoms with Crippen LogP contribution in [-0.2, 0) is 16.4 Å². The van der Waals surface area contributed by atoms with E-state index in [1.54, 1.807) is 18.3 Å². The number of nitrogens with zero attached hydrogens (tertiary/aromatic N) is 3. The van der Waals surface area contributed by atoms with E-state index in [0.29, 0.717) is 5.52 Å². The van der Waals surface area contributed by atoms with Gasteiger partial charge < -0.3 is 0 Å². The van der Waals surface area contributed by atoms with E-state index >= 15 is 0 Å². The number of allylic oxidation sites excluding steroid dienone is 5. The lowest BCUT2D eigenvalue weighted by atomic mass is 9.81. The minimum absolute atomic E-state index is 0.0695. The van der Waals surface area contributed by atoms with E-state index < -0.39 is 10.0 Å². The molecule has 0 fully saturated rings. The Hall–Kier alpha value is -3.01. The largest absolute Gasteiger partial charge is 0.255 e. The first-order chi connectivity index (χ1) is 16.6. The molecule has 1 aromatic carbocycles. The number of sulfonamides is 1. The Morgan fingerprint density at radius 3 is 2.97 bits per heavy atom. The Bertz CT molecular complexity index is 1500. The molecule has 0 spiro atoms. The van der Waals surface area contributed by atoms with Crippen molar-refractivity contribution >= 4 is 37.7 Å². The van der Waals surface area contributed by atoms with Gasteiger partial charge in [0.25, 0.3) is 0 Å². The predicted octanol–water partition coefficient (Wildman–Crippen LogP) is 4.81. The monoisotopic (exact) mass is 490 g/mol. The Labute approximate surface area is 201 Å². The normalized spacial score (nSPS) is 21.6. The molecule has 34 heavy (non-hydrogen) atoms. The zero-order valence-electron chi connectivity index (χ0n) is 18.2. The van der Waals surface area contributed by atoms with Crippen LogP contribution in [0.2, 0.25) is 0 Å². The SMILES string of the molecule is O=S(=O)(NC1C=CC=C2C=CCCC21)c1ccc(SC2=CCCc3cccnc32)c2nonc12. The van der Waals surface area contributed by atoms with Crippen LogP contribution < -0.4 is 4.72 Å². The van der Waals surface area contributed by atoms with E-state index in [0.717, 1.165) is 46.8 Å². The van der Waals surface area contributed by atoms with Gasteiger partial charge in [-0.2, -0.15) is 0 Å². The lowest BCUT2D eigenvalue weighted by Gasteiger charge is -2.30. The number of hydrogen-bond donors (Lipinski definition) is 1. The van der Waals surface area contributed by atoms with Crippen molar-refractivity contribution in [3.05, 3.63) is 83.7 Å². The molecule has 0 bridgehead atoms. The zero-order valence-corrected chi connectivity index (χ0v) is 19.8. The minimum Gasteiger partial charge on any atom is -0.255 e. The summed E-state index contributed by atoms with van der Waals surface area (Å²) in [5, 5.41) is 8.01. The minimum atomic E-state index is -3.86. The summed E-state index contributed by atoms with van der Waals surface area (Å²) >= 11 is 1.51. The molecule has 0 saturated carbocycles. The van der Waals surface area contributed by atoms with Crippen LogP contribution >= 0.6 is 11.8 Å². The van der Waals surface area contributed by atoms with Crippen LogP contribution in [0, 0.1) is 5.92 Å². The van der Waals surface area contributed by atoms with Crippen molar-refractivity contribution in [2.75, 3.05) is 0 Å². The van der Waals surface area contributed by atoms with Crippen molar-refractivity contribution in [1.82, 2.24) is 20.0 Å². The number of benzene rings is 1. The van der Waals surface area contributed by atoms with E-state index in [2.05, 4.69) is 44.3 Å². The lowest BCUT2D eigenvalue weighted by Crippen LogP contribution is -2.41. The summed E-state index contributed by atoms with van der Waals surface area (Å²) in [6.07, 6.45) is 17.7. The smallest absolute Gasteiger partial charge is 0.243 e. The van der Waals surface area contributed by atoms with Crippen molar-refractivity contribution in [3.63, 3.8) is 0 Å². The predicted molar refractivity (Wildman–Crippen MR) is 131 cm³/mol. The summed E-state index contributed by atoms with van der Waals surface area (Å²) in [6, 6.07) is 7.09. The van der Waals surface area contributed by atoms with Gasteiger partial charge in [-0.05, 0) is 65.3 Å². The van der Waals surface area contributed by atoms with Crippen LogP contribution in [0.5, 0.6) is 0 Å². The third-order valence-electron chi connectivity index (χ3n) is 6.43. The van der Waals surface area contributed by atoms with Crippen molar-refractivity contribution in [2.24, 2.45) is 5.92 Å². The van der Waals surface area contributed by atoms with Crippen molar-refractivity contribution in [1.29, 1.82) is 0 Å². The van der Waals surface area contributed by atoms with E-state index in [1.807, 2.05) is 24.3 Å². The second-order valence-corrected chi connectivity index (χ2v) is 11.3. The van der Waals surface area contributed by atoms with Crippen molar-refractivity contribution in [3.8, 4) is 0 Å².